The minimum absolute atomic E-state index is 0.633. The Morgan fingerprint density at radius 1 is 1.00 bits per heavy atom. The molecule has 0 aliphatic heterocycles. The zero-order chi connectivity index (χ0) is 14.7. The second-order valence-corrected chi connectivity index (χ2v) is 4.47. The van der Waals surface area contributed by atoms with Crippen LogP contribution in [-0.4, -0.2) is 12.1 Å². The normalized spacial score (nSPS) is 11.1. The van der Waals surface area contributed by atoms with Crippen LogP contribution in [0.25, 0.3) is 10.9 Å². The van der Waals surface area contributed by atoms with Crippen molar-refractivity contribution in [3.63, 3.8) is 0 Å². The van der Waals surface area contributed by atoms with Gasteiger partial charge in [0.15, 0.2) is 0 Å². The number of hydrogen-bond acceptors (Lipinski definition) is 5. The van der Waals surface area contributed by atoms with Gasteiger partial charge in [-0.3, -0.25) is 4.98 Å². The van der Waals surface area contributed by atoms with Gasteiger partial charge in [-0.1, -0.05) is 0 Å². The molecule has 0 spiro atoms. The third kappa shape index (κ3) is 2.67. The molecule has 0 radical (unpaired) electrons. The van der Waals surface area contributed by atoms with E-state index in [0.717, 1.165) is 28.0 Å². The standard InChI is InChI=1S/C16H14N4O/c1-21-12-6-4-11(5-7-12)19-20-15-9-8-14(17)16-13(15)3-2-10-18-16/h2-10H,17H2,1H3. The summed E-state index contributed by atoms with van der Waals surface area (Å²) in [6.07, 6.45) is 1.71. The van der Waals surface area contributed by atoms with Crippen LogP contribution >= 0.6 is 0 Å². The Morgan fingerprint density at radius 3 is 2.57 bits per heavy atom. The van der Waals surface area contributed by atoms with Gasteiger partial charge in [0, 0.05) is 11.6 Å². The van der Waals surface area contributed by atoms with Crippen molar-refractivity contribution < 1.29 is 4.74 Å². The molecule has 2 N–H and O–H groups in total. The zero-order valence-electron chi connectivity index (χ0n) is 11.5. The van der Waals surface area contributed by atoms with E-state index in [9.17, 15) is 0 Å². The first-order valence-corrected chi connectivity index (χ1v) is 6.47. The molecule has 0 unspecified atom stereocenters. The highest BCUT2D eigenvalue weighted by molar-refractivity contribution is 5.97. The lowest BCUT2D eigenvalue weighted by Gasteiger charge is -2.03. The summed E-state index contributed by atoms with van der Waals surface area (Å²) in [4.78, 5) is 4.28. The van der Waals surface area contributed by atoms with E-state index in [-0.39, 0.29) is 0 Å². The minimum Gasteiger partial charge on any atom is -0.497 e. The Bertz CT molecular complexity index is 797. The monoisotopic (exact) mass is 278 g/mol. The number of hydrogen-bond donors (Lipinski definition) is 1. The molecule has 0 amide bonds. The summed E-state index contributed by atoms with van der Waals surface area (Å²) in [5.41, 5.74) is 8.78. The summed E-state index contributed by atoms with van der Waals surface area (Å²) in [5.74, 6) is 0.788. The summed E-state index contributed by atoms with van der Waals surface area (Å²) < 4.78 is 5.11. The van der Waals surface area contributed by atoms with Crippen LogP contribution in [0.5, 0.6) is 5.75 Å². The predicted octanol–water partition coefficient (Wildman–Crippen LogP) is 4.24. The van der Waals surface area contributed by atoms with E-state index < -0.39 is 0 Å². The number of nitrogens with two attached hydrogens (primary N) is 1. The fourth-order valence-electron chi connectivity index (χ4n) is 2.03. The molecule has 21 heavy (non-hydrogen) atoms. The topological polar surface area (TPSA) is 72.9 Å². The van der Waals surface area contributed by atoms with Crippen LogP contribution in [0.2, 0.25) is 0 Å². The van der Waals surface area contributed by atoms with Crippen molar-refractivity contribution in [2.45, 2.75) is 0 Å². The molecule has 1 aromatic heterocycles. The quantitative estimate of drug-likeness (QED) is 0.575. The highest BCUT2D eigenvalue weighted by Gasteiger charge is 2.04. The highest BCUT2D eigenvalue weighted by Crippen LogP contribution is 2.30. The van der Waals surface area contributed by atoms with Gasteiger partial charge in [0.25, 0.3) is 0 Å². The second kappa shape index (κ2) is 5.58. The van der Waals surface area contributed by atoms with Crippen LogP contribution < -0.4 is 10.5 Å². The Labute approximate surface area is 122 Å². The molecular formula is C16H14N4O. The first kappa shape index (κ1) is 13.1. The van der Waals surface area contributed by atoms with Crippen molar-refractivity contribution >= 4 is 28.0 Å². The molecule has 0 saturated heterocycles. The molecule has 1 heterocycles. The molecule has 104 valence electrons. The molecule has 3 aromatic rings. The van der Waals surface area contributed by atoms with E-state index in [1.54, 1.807) is 19.4 Å². The van der Waals surface area contributed by atoms with Crippen molar-refractivity contribution in [1.29, 1.82) is 0 Å². The van der Waals surface area contributed by atoms with Crippen molar-refractivity contribution in [3.8, 4) is 5.75 Å². The Hall–Kier alpha value is -2.95. The van der Waals surface area contributed by atoms with Crippen LogP contribution in [-0.2, 0) is 0 Å². The smallest absolute Gasteiger partial charge is 0.119 e. The second-order valence-electron chi connectivity index (χ2n) is 4.47. The minimum atomic E-state index is 0.633. The van der Waals surface area contributed by atoms with Gasteiger partial charge in [-0.2, -0.15) is 5.11 Å². The van der Waals surface area contributed by atoms with Gasteiger partial charge >= 0.3 is 0 Å². The van der Waals surface area contributed by atoms with E-state index >= 15 is 0 Å². The predicted molar refractivity (Wildman–Crippen MR) is 83.3 cm³/mol. The van der Waals surface area contributed by atoms with E-state index in [4.69, 9.17) is 10.5 Å². The highest BCUT2D eigenvalue weighted by atomic mass is 16.5. The van der Waals surface area contributed by atoms with Gasteiger partial charge in [0.2, 0.25) is 0 Å². The lowest BCUT2D eigenvalue weighted by molar-refractivity contribution is 0.415. The number of benzene rings is 2. The van der Waals surface area contributed by atoms with Crippen LogP contribution in [0.1, 0.15) is 0 Å². The molecule has 0 saturated carbocycles. The number of ether oxygens (including phenoxy) is 1. The number of pyridine rings is 1. The maximum absolute atomic E-state index is 5.92. The Kier molecular flexibility index (Phi) is 3.47. The van der Waals surface area contributed by atoms with E-state index in [0.29, 0.717) is 5.69 Å². The summed E-state index contributed by atoms with van der Waals surface area (Å²) in [5, 5.41) is 9.41. The molecule has 2 aromatic carbocycles. The first-order valence-electron chi connectivity index (χ1n) is 6.47. The van der Waals surface area contributed by atoms with Crippen LogP contribution in [0.15, 0.2) is 65.0 Å². The summed E-state index contributed by atoms with van der Waals surface area (Å²) in [6, 6.07) is 14.8. The van der Waals surface area contributed by atoms with Gasteiger partial charge in [-0.15, -0.1) is 5.11 Å². The maximum atomic E-state index is 5.92. The van der Waals surface area contributed by atoms with Gasteiger partial charge in [0.1, 0.15) is 5.75 Å². The Morgan fingerprint density at radius 2 is 1.81 bits per heavy atom. The summed E-state index contributed by atoms with van der Waals surface area (Å²) in [6.45, 7) is 0. The SMILES string of the molecule is COc1ccc(N=Nc2ccc(N)c3ncccc23)cc1. The average Bonchev–Trinajstić information content (AvgIpc) is 2.55. The first-order chi connectivity index (χ1) is 10.3. The molecular weight excluding hydrogens is 264 g/mol. The number of nitrogen functional groups attached to an aromatic ring is 1. The molecule has 0 atom stereocenters. The average molecular weight is 278 g/mol. The fraction of sp³-hybridized carbons (Fsp3) is 0.0625. The Balaban J connectivity index is 1.97. The fourth-order valence-corrected chi connectivity index (χ4v) is 2.03. The number of fused-ring (bicyclic) bond motifs is 1. The van der Waals surface area contributed by atoms with Gasteiger partial charge in [-0.25, -0.2) is 0 Å². The number of azo groups is 1. The zero-order valence-corrected chi connectivity index (χ0v) is 11.5. The molecule has 0 aliphatic rings. The number of aromatic nitrogens is 1. The number of nitrogens with zero attached hydrogens (tertiary/aromatic N) is 3. The lowest BCUT2D eigenvalue weighted by Crippen LogP contribution is -1.88. The van der Waals surface area contributed by atoms with E-state index in [1.807, 2.05) is 42.5 Å². The van der Waals surface area contributed by atoms with Gasteiger partial charge in [0.05, 0.1) is 29.7 Å². The molecule has 5 heteroatoms. The molecule has 3 rings (SSSR count). The summed E-state index contributed by atoms with van der Waals surface area (Å²) >= 11 is 0. The molecule has 0 bridgehead atoms. The number of rotatable bonds is 3. The maximum Gasteiger partial charge on any atom is 0.119 e. The summed E-state index contributed by atoms with van der Waals surface area (Å²) in [7, 11) is 1.63. The number of methoxy groups -OCH3 is 1. The van der Waals surface area contributed by atoms with Crippen LogP contribution in [0.3, 0.4) is 0 Å². The van der Waals surface area contributed by atoms with E-state index in [2.05, 4.69) is 15.2 Å². The van der Waals surface area contributed by atoms with Crippen molar-refractivity contribution in [3.05, 3.63) is 54.7 Å². The molecule has 5 nitrogen and oxygen atoms in total. The third-order valence-electron chi connectivity index (χ3n) is 3.12. The molecule has 0 fully saturated rings. The van der Waals surface area contributed by atoms with E-state index in [1.165, 1.54) is 0 Å². The lowest BCUT2D eigenvalue weighted by atomic mass is 10.1. The van der Waals surface area contributed by atoms with Crippen molar-refractivity contribution in [1.82, 2.24) is 4.98 Å². The van der Waals surface area contributed by atoms with Gasteiger partial charge < -0.3 is 10.5 Å². The molecule has 0 aliphatic carbocycles. The largest absolute Gasteiger partial charge is 0.497 e. The number of anilines is 1. The van der Waals surface area contributed by atoms with Gasteiger partial charge in [-0.05, 0) is 48.5 Å². The third-order valence-corrected chi connectivity index (χ3v) is 3.12. The van der Waals surface area contributed by atoms with Crippen LogP contribution in [0.4, 0.5) is 17.1 Å². The van der Waals surface area contributed by atoms with Crippen molar-refractivity contribution in [2.24, 2.45) is 10.2 Å². The van der Waals surface area contributed by atoms with Crippen molar-refractivity contribution in [2.75, 3.05) is 12.8 Å². The van der Waals surface area contributed by atoms with Crippen LogP contribution in [0, 0.1) is 0 Å².